The third-order valence-electron chi connectivity index (χ3n) is 5.28. The molecule has 0 saturated heterocycles. The van der Waals surface area contributed by atoms with Gasteiger partial charge in [-0.15, -0.1) is 0 Å². The predicted octanol–water partition coefficient (Wildman–Crippen LogP) is 6.78. The van der Waals surface area contributed by atoms with E-state index in [4.69, 9.17) is 5.48 Å². The third-order valence-corrected chi connectivity index (χ3v) is 5.28. The molecule has 0 bridgehead atoms. The molecule has 1 aliphatic carbocycles. The Bertz CT molecular complexity index is 829. The van der Waals surface area contributed by atoms with Crippen molar-refractivity contribution in [2.24, 2.45) is 11.8 Å². The Balaban J connectivity index is 1.77. The van der Waals surface area contributed by atoms with E-state index < -0.39 is 35.8 Å². The van der Waals surface area contributed by atoms with Crippen molar-refractivity contribution < 1.29 is 14.3 Å². The van der Waals surface area contributed by atoms with Gasteiger partial charge in [0.1, 0.15) is 11.6 Å². The first-order valence-electron chi connectivity index (χ1n) is 10.9. The summed E-state index contributed by atoms with van der Waals surface area (Å²) in [5, 5.41) is 0. The van der Waals surface area contributed by atoms with Gasteiger partial charge in [0.05, 0.1) is 5.48 Å². The van der Waals surface area contributed by atoms with Crippen LogP contribution in [0.3, 0.4) is 0 Å². The monoisotopic (exact) mass is 332 g/mol. The minimum atomic E-state index is -1.21. The highest BCUT2D eigenvalue weighted by Gasteiger charge is 2.19. The van der Waals surface area contributed by atoms with Crippen LogP contribution in [0.2, 0.25) is 0 Å². The Morgan fingerprint density at radius 3 is 2.29 bits per heavy atom. The lowest BCUT2D eigenvalue weighted by molar-refractivity contribution is 0.259. The molecule has 1 fully saturated rings. The second kappa shape index (κ2) is 7.92. The van der Waals surface area contributed by atoms with Gasteiger partial charge >= 0.3 is 0 Å². The van der Waals surface area contributed by atoms with Crippen LogP contribution in [0, 0.1) is 23.5 Å². The molecule has 24 heavy (non-hydrogen) atoms. The van der Waals surface area contributed by atoms with E-state index in [1.807, 2.05) is 0 Å². The summed E-state index contributed by atoms with van der Waals surface area (Å²) in [4.78, 5) is 0. The van der Waals surface area contributed by atoms with Crippen molar-refractivity contribution in [3.05, 3.63) is 59.6 Å². The topological polar surface area (TPSA) is 0 Å². The summed E-state index contributed by atoms with van der Waals surface area (Å²) in [6, 6.07) is 1.99. The van der Waals surface area contributed by atoms with E-state index in [1.54, 1.807) is 6.07 Å². The van der Waals surface area contributed by atoms with Crippen LogP contribution in [0.1, 0.15) is 56.5 Å². The molecule has 128 valence electrons. The van der Waals surface area contributed by atoms with E-state index in [2.05, 4.69) is 6.92 Å². The van der Waals surface area contributed by atoms with Crippen molar-refractivity contribution in [1.82, 2.24) is 0 Å². The number of halogens is 2. The summed E-state index contributed by atoms with van der Waals surface area (Å²) in [7, 11) is 0. The van der Waals surface area contributed by atoms with Crippen LogP contribution < -0.4 is 0 Å². The predicted molar refractivity (Wildman–Crippen MR) is 95.9 cm³/mol. The smallest absolute Gasteiger partial charge is 0.131 e. The number of hydrogen-bond acceptors (Lipinski definition) is 0. The van der Waals surface area contributed by atoms with Crippen molar-refractivity contribution in [2.75, 3.05) is 0 Å². The molecular formula is C22H26F2. The lowest BCUT2D eigenvalue weighted by Gasteiger charge is -2.27. The third kappa shape index (κ3) is 4.23. The zero-order chi connectivity index (χ0) is 20.4. The SMILES string of the molecule is [2H]c1c([2H])c(-c2ccc(CCC3CCC(CC)CC3)cc2F)c([2H])c([2H])c1F. The van der Waals surface area contributed by atoms with E-state index in [0.717, 1.165) is 24.3 Å². The molecule has 0 atom stereocenters. The second-order valence-electron chi connectivity index (χ2n) is 6.84. The maximum Gasteiger partial charge on any atom is 0.131 e. The minimum Gasteiger partial charge on any atom is -0.207 e. The molecule has 0 radical (unpaired) electrons. The molecule has 0 spiro atoms. The molecule has 3 rings (SSSR count). The summed E-state index contributed by atoms with van der Waals surface area (Å²) in [5.74, 6) is -0.280. The Morgan fingerprint density at radius 1 is 1.00 bits per heavy atom. The van der Waals surface area contributed by atoms with E-state index >= 15 is 0 Å². The first kappa shape index (κ1) is 12.6. The summed E-state index contributed by atoms with van der Waals surface area (Å²) < 4.78 is 59.5. The first-order chi connectivity index (χ1) is 13.3. The summed E-state index contributed by atoms with van der Waals surface area (Å²) in [6.45, 7) is 2.24. The fraction of sp³-hybridized carbons (Fsp3) is 0.455. The molecular weight excluding hydrogens is 302 g/mol. The van der Waals surface area contributed by atoms with Crippen LogP contribution in [-0.2, 0) is 6.42 Å². The normalized spacial score (nSPS) is 23.3. The molecule has 2 heteroatoms. The van der Waals surface area contributed by atoms with Crippen molar-refractivity contribution in [1.29, 1.82) is 0 Å². The average Bonchev–Trinajstić information content (AvgIpc) is 2.71. The molecule has 0 heterocycles. The molecule has 0 aromatic heterocycles. The molecule has 0 N–H and O–H groups in total. The van der Waals surface area contributed by atoms with Crippen molar-refractivity contribution in [3.8, 4) is 11.1 Å². The van der Waals surface area contributed by atoms with Crippen LogP contribution >= 0.6 is 0 Å². The van der Waals surface area contributed by atoms with E-state index in [9.17, 15) is 8.78 Å². The second-order valence-corrected chi connectivity index (χ2v) is 6.84. The first-order valence-corrected chi connectivity index (χ1v) is 8.88. The van der Waals surface area contributed by atoms with Gasteiger partial charge in [0.15, 0.2) is 0 Å². The van der Waals surface area contributed by atoms with Gasteiger partial charge in [0.25, 0.3) is 0 Å². The molecule has 0 unspecified atom stereocenters. The summed E-state index contributed by atoms with van der Waals surface area (Å²) in [6.07, 6.45) is 8.07. The van der Waals surface area contributed by atoms with Crippen molar-refractivity contribution >= 4 is 0 Å². The minimum absolute atomic E-state index is 0.0239. The molecule has 0 nitrogen and oxygen atoms in total. The van der Waals surface area contributed by atoms with Crippen molar-refractivity contribution in [2.45, 2.75) is 51.9 Å². The number of benzene rings is 2. The fourth-order valence-electron chi connectivity index (χ4n) is 3.65. The lowest BCUT2D eigenvalue weighted by atomic mass is 9.78. The lowest BCUT2D eigenvalue weighted by Crippen LogP contribution is -2.14. The van der Waals surface area contributed by atoms with Gasteiger partial charge in [-0.25, -0.2) is 8.78 Å². The van der Waals surface area contributed by atoms with Gasteiger partial charge in [0, 0.05) is 5.56 Å². The van der Waals surface area contributed by atoms with Gasteiger partial charge in [-0.05, 0) is 54.0 Å². The quantitative estimate of drug-likeness (QED) is 0.566. The Kier molecular flexibility index (Phi) is 4.17. The van der Waals surface area contributed by atoms with Gasteiger partial charge in [0.2, 0.25) is 0 Å². The fourth-order valence-corrected chi connectivity index (χ4v) is 3.65. The zero-order valence-electron chi connectivity index (χ0n) is 18.1. The molecule has 1 aliphatic rings. The standard InChI is InChI=1S/C22H26F2/c1-2-16-3-5-17(6-4-16)7-8-18-9-14-21(22(24)15-18)19-10-12-20(23)13-11-19/h9-17H,2-8H2,1H3/i10D,11D,12D,13D. The van der Waals surface area contributed by atoms with E-state index in [0.29, 0.717) is 5.92 Å². The Hall–Kier alpha value is -1.70. The van der Waals surface area contributed by atoms with Gasteiger partial charge in [-0.1, -0.05) is 63.2 Å². The van der Waals surface area contributed by atoms with Gasteiger partial charge < -0.3 is 0 Å². The molecule has 1 saturated carbocycles. The number of hydrogen-bond donors (Lipinski definition) is 0. The molecule has 0 amide bonds. The Labute approximate surface area is 149 Å². The maximum absolute atomic E-state index is 14.7. The van der Waals surface area contributed by atoms with E-state index in [-0.39, 0.29) is 11.1 Å². The van der Waals surface area contributed by atoms with Gasteiger partial charge in [-0.3, -0.25) is 0 Å². The molecule has 2 aromatic carbocycles. The van der Waals surface area contributed by atoms with Crippen LogP contribution in [-0.4, -0.2) is 0 Å². The molecule has 2 aromatic rings. The highest BCUT2D eigenvalue weighted by Crippen LogP contribution is 2.33. The zero-order valence-corrected chi connectivity index (χ0v) is 14.1. The van der Waals surface area contributed by atoms with E-state index in [1.165, 1.54) is 44.2 Å². The largest absolute Gasteiger partial charge is 0.207 e. The van der Waals surface area contributed by atoms with Gasteiger partial charge in [-0.2, -0.15) is 0 Å². The number of rotatable bonds is 5. The highest BCUT2D eigenvalue weighted by atomic mass is 19.1. The summed E-state index contributed by atoms with van der Waals surface area (Å²) in [5.41, 5.74) is 0.638. The van der Waals surface area contributed by atoms with Crippen LogP contribution in [0.15, 0.2) is 42.4 Å². The highest BCUT2D eigenvalue weighted by molar-refractivity contribution is 5.64. The summed E-state index contributed by atoms with van der Waals surface area (Å²) >= 11 is 0. The maximum atomic E-state index is 14.7. The molecule has 0 aliphatic heterocycles. The van der Waals surface area contributed by atoms with Crippen LogP contribution in [0.25, 0.3) is 11.1 Å². The number of aryl methyl sites for hydroxylation is 1. The Morgan fingerprint density at radius 2 is 1.67 bits per heavy atom. The van der Waals surface area contributed by atoms with Crippen LogP contribution in [0.5, 0.6) is 0 Å². The average molecular weight is 332 g/mol. The van der Waals surface area contributed by atoms with Crippen LogP contribution in [0.4, 0.5) is 8.78 Å². The van der Waals surface area contributed by atoms with Crippen molar-refractivity contribution in [3.63, 3.8) is 0 Å².